The van der Waals surface area contributed by atoms with Gasteiger partial charge in [0.2, 0.25) is 0 Å². The summed E-state index contributed by atoms with van der Waals surface area (Å²) in [5.74, 6) is 0.887. The number of para-hydroxylation sites is 1. The summed E-state index contributed by atoms with van der Waals surface area (Å²) in [5, 5.41) is 0. The van der Waals surface area contributed by atoms with Crippen LogP contribution in [-0.4, -0.2) is 12.5 Å². The van der Waals surface area contributed by atoms with Crippen molar-refractivity contribution in [2.75, 3.05) is 6.61 Å². The van der Waals surface area contributed by atoms with E-state index >= 15 is 0 Å². The molecular weight excluding hydrogens is 174 g/mol. The number of rotatable bonds is 1. The molecule has 0 radical (unpaired) electrons. The Hall–Kier alpha value is -1.31. The maximum Gasteiger partial charge on any atom is 0.188 e. The van der Waals surface area contributed by atoms with Crippen molar-refractivity contribution in [3.8, 4) is 0 Å². The van der Waals surface area contributed by atoms with Gasteiger partial charge in [-0.05, 0) is 31.4 Å². The molecule has 0 amide bonds. The van der Waals surface area contributed by atoms with Crippen LogP contribution in [0.3, 0.4) is 0 Å². The highest BCUT2D eigenvalue weighted by Crippen LogP contribution is 2.24. The maximum atomic E-state index is 5.47. The largest absolute Gasteiger partial charge is 0.481 e. The Morgan fingerprint density at radius 1 is 1.29 bits per heavy atom. The van der Waals surface area contributed by atoms with Gasteiger partial charge in [0.15, 0.2) is 5.90 Å². The van der Waals surface area contributed by atoms with Gasteiger partial charge in [0, 0.05) is 6.42 Å². The lowest BCUT2D eigenvalue weighted by Gasteiger charge is -2.03. The predicted octanol–water partition coefficient (Wildman–Crippen LogP) is 3.09. The van der Waals surface area contributed by atoms with Crippen molar-refractivity contribution >= 4 is 11.6 Å². The average Bonchev–Trinajstić information content (AvgIpc) is 2.40. The molecule has 0 unspecified atom stereocenters. The first kappa shape index (κ1) is 9.25. The van der Waals surface area contributed by atoms with Crippen LogP contribution in [0.5, 0.6) is 0 Å². The summed E-state index contributed by atoms with van der Waals surface area (Å²) in [6.07, 6.45) is 3.20. The first-order chi connectivity index (χ1) is 6.90. The van der Waals surface area contributed by atoms with E-state index in [1.54, 1.807) is 0 Å². The monoisotopic (exact) mass is 189 g/mol. The lowest BCUT2D eigenvalue weighted by Crippen LogP contribution is -2.02. The van der Waals surface area contributed by atoms with E-state index in [9.17, 15) is 0 Å². The van der Waals surface area contributed by atoms with Crippen LogP contribution in [0.1, 0.15) is 25.3 Å². The molecule has 1 aromatic carbocycles. The molecule has 0 atom stereocenters. The zero-order chi connectivity index (χ0) is 9.80. The van der Waals surface area contributed by atoms with Gasteiger partial charge in [0.1, 0.15) is 0 Å². The Balaban J connectivity index is 2.30. The Morgan fingerprint density at radius 3 is 3.00 bits per heavy atom. The summed E-state index contributed by atoms with van der Waals surface area (Å²) in [7, 11) is 0. The van der Waals surface area contributed by atoms with E-state index in [4.69, 9.17) is 4.74 Å². The number of hydrogen-bond donors (Lipinski definition) is 0. The average molecular weight is 189 g/mol. The van der Waals surface area contributed by atoms with E-state index in [1.165, 1.54) is 5.56 Å². The number of nitrogens with zero attached hydrogens (tertiary/aromatic N) is 1. The highest BCUT2D eigenvalue weighted by Gasteiger charge is 2.09. The van der Waals surface area contributed by atoms with Crippen molar-refractivity contribution in [1.29, 1.82) is 0 Å². The Morgan fingerprint density at radius 2 is 2.14 bits per heavy atom. The maximum absolute atomic E-state index is 5.47. The summed E-state index contributed by atoms with van der Waals surface area (Å²) >= 11 is 0. The van der Waals surface area contributed by atoms with Gasteiger partial charge >= 0.3 is 0 Å². The zero-order valence-corrected chi connectivity index (χ0v) is 8.49. The second kappa shape index (κ2) is 4.27. The summed E-state index contributed by atoms with van der Waals surface area (Å²) in [4.78, 5) is 4.52. The molecule has 0 aliphatic carbocycles. The molecule has 0 saturated carbocycles. The Labute approximate surface area is 84.6 Å². The molecule has 2 heteroatoms. The van der Waals surface area contributed by atoms with Crippen molar-refractivity contribution in [3.05, 3.63) is 29.8 Å². The third-order valence-electron chi connectivity index (χ3n) is 2.38. The van der Waals surface area contributed by atoms with Crippen LogP contribution in [-0.2, 0) is 11.2 Å². The highest BCUT2D eigenvalue weighted by molar-refractivity contribution is 5.80. The summed E-state index contributed by atoms with van der Waals surface area (Å²) in [5.41, 5.74) is 2.41. The summed E-state index contributed by atoms with van der Waals surface area (Å²) in [6, 6.07) is 8.30. The topological polar surface area (TPSA) is 21.6 Å². The van der Waals surface area contributed by atoms with Gasteiger partial charge in [-0.2, -0.15) is 0 Å². The minimum Gasteiger partial charge on any atom is -0.481 e. The standard InChI is InChI=1S/C12H15NO/c1-2-14-12-9-5-7-10-6-3-4-8-11(10)13-12/h3-4,6,8H,2,5,7,9H2,1H3. The van der Waals surface area contributed by atoms with Crippen molar-refractivity contribution in [2.45, 2.75) is 26.2 Å². The van der Waals surface area contributed by atoms with Crippen LogP contribution in [0, 0.1) is 0 Å². The molecule has 74 valence electrons. The summed E-state index contributed by atoms with van der Waals surface area (Å²) in [6.45, 7) is 2.71. The molecule has 0 aromatic heterocycles. The molecule has 14 heavy (non-hydrogen) atoms. The minimum atomic E-state index is 0.709. The van der Waals surface area contributed by atoms with Crippen molar-refractivity contribution in [1.82, 2.24) is 0 Å². The molecule has 1 heterocycles. The number of aryl methyl sites for hydroxylation is 1. The van der Waals surface area contributed by atoms with Gasteiger partial charge in [0.05, 0.1) is 12.3 Å². The second-order valence-electron chi connectivity index (χ2n) is 3.42. The van der Waals surface area contributed by atoms with Gasteiger partial charge in [-0.25, -0.2) is 4.99 Å². The number of aliphatic imine (C=N–C) groups is 1. The fourth-order valence-electron chi connectivity index (χ4n) is 1.72. The normalized spacial score (nSPS) is 15.4. The SMILES string of the molecule is CCOC1=Nc2ccccc2CCC1. The lowest BCUT2D eigenvalue weighted by molar-refractivity contribution is 0.317. The van der Waals surface area contributed by atoms with Gasteiger partial charge in [0.25, 0.3) is 0 Å². The first-order valence-corrected chi connectivity index (χ1v) is 5.18. The number of fused-ring (bicyclic) bond motifs is 1. The predicted molar refractivity (Wildman–Crippen MR) is 58.1 cm³/mol. The zero-order valence-electron chi connectivity index (χ0n) is 8.49. The highest BCUT2D eigenvalue weighted by atomic mass is 16.5. The van der Waals surface area contributed by atoms with Crippen LogP contribution >= 0.6 is 0 Å². The molecular formula is C12H15NO. The molecule has 1 aromatic rings. The first-order valence-electron chi connectivity index (χ1n) is 5.18. The number of ether oxygens (including phenoxy) is 1. The quantitative estimate of drug-likeness (QED) is 0.665. The molecule has 0 N–H and O–H groups in total. The molecule has 1 aliphatic heterocycles. The van der Waals surface area contributed by atoms with Gasteiger partial charge < -0.3 is 4.74 Å². The van der Waals surface area contributed by atoms with Gasteiger partial charge in [-0.1, -0.05) is 18.2 Å². The fraction of sp³-hybridized carbons (Fsp3) is 0.417. The third kappa shape index (κ3) is 1.95. The Kier molecular flexibility index (Phi) is 2.82. The van der Waals surface area contributed by atoms with E-state index in [1.807, 2.05) is 13.0 Å². The molecule has 1 aliphatic rings. The lowest BCUT2D eigenvalue weighted by atomic mass is 10.1. The fourth-order valence-corrected chi connectivity index (χ4v) is 1.72. The van der Waals surface area contributed by atoms with Crippen LogP contribution in [0.15, 0.2) is 29.3 Å². The molecule has 0 fully saturated rings. The van der Waals surface area contributed by atoms with Gasteiger partial charge in [-0.3, -0.25) is 0 Å². The van der Waals surface area contributed by atoms with Crippen molar-refractivity contribution in [3.63, 3.8) is 0 Å². The smallest absolute Gasteiger partial charge is 0.188 e. The van der Waals surface area contributed by atoms with Gasteiger partial charge in [-0.15, -0.1) is 0 Å². The Bertz CT molecular complexity index is 344. The second-order valence-corrected chi connectivity index (χ2v) is 3.42. The molecule has 2 nitrogen and oxygen atoms in total. The number of benzene rings is 1. The van der Waals surface area contributed by atoms with E-state index in [-0.39, 0.29) is 0 Å². The molecule has 0 saturated heterocycles. The molecule has 0 bridgehead atoms. The van der Waals surface area contributed by atoms with Crippen LogP contribution in [0.4, 0.5) is 5.69 Å². The van der Waals surface area contributed by atoms with E-state index < -0.39 is 0 Å². The van der Waals surface area contributed by atoms with Crippen LogP contribution < -0.4 is 0 Å². The van der Waals surface area contributed by atoms with E-state index in [0.717, 1.165) is 30.8 Å². The minimum absolute atomic E-state index is 0.709. The molecule has 0 spiro atoms. The van der Waals surface area contributed by atoms with Crippen molar-refractivity contribution in [2.24, 2.45) is 4.99 Å². The van der Waals surface area contributed by atoms with E-state index in [0.29, 0.717) is 6.61 Å². The van der Waals surface area contributed by atoms with Crippen LogP contribution in [0.25, 0.3) is 0 Å². The number of hydrogen-bond acceptors (Lipinski definition) is 2. The van der Waals surface area contributed by atoms with Crippen molar-refractivity contribution < 1.29 is 4.74 Å². The third-order valence-corrected chi connectivity index (χ3v) is 2.38. The molecule has 2 rings (SSSR count). The van der Waals surface area contributed by atoms with E-state index in [2.05, 4.69) is 23.2 Å². The summed E-state index contributed by atoms with van der Waals surface area (Å²) < 4.78 is 5.47. The van der Waals surface area contributed by atoms with Crippen LogP contribution in [0.2, 0.25) is 0 Å².